The second-order valence-electron chi connectivity index (χ2n) is 4.77. The minimum atomic E-state index is -2.17. The van der Waals surface area contributed by atoms with E-state index in [1.807, 2.05) is 0 Å². The van der Waals surface area contributed by atoms with Gasteiger partial charge in [0.1, 0.15) is 0 Å². The Morgan fingerprint density at radius 2 is 1.27 bits per heavy atom. The van der Waals surface area contributed by atoms with Gasteiger partial charge in [-0.1, -0.05) is 0 Å². The van der Waals surface area contributed by atoms with Crippen molar-refractivity contribution in [1.29, 1.82) is 0 Å². The Labute approximate surface area is 127 Å². The quantitative estimate of drug-likeness (QED) is 0.280. The van der Waals surface area contributed by atoms with Crippen molar-refractivity contribution in [3.63, 3.8) is 0 Å². The molecule has 0 aliphatic rings. The van der Waals surface area contributed by atoms with E-state index in [2.05, 4.69) is 7.96 Å². The molecule has 0 saturated heterocycles. The first kappa shape index (κ1) is 15.1. The maximum atomic E-state index is 14.0. The maximum absolute atomic E-state index is 14.0. The van der Waals surface area contributed by atoms with Crippen LogP contribution in [0.5, 0.6) is 0 Å². The van der Waals surface area contributed by atoms with Crippen molar-refractivity contribution >= 4 is 26.0 Å². The topological polar surface area (TPSA) is 25.8 Å². The second-order valence-corrected chi connectivity index (χ2v) is 5.88. The Hall–Kier alpha value is -1.79. The van der Waals surface area contributed by atoms with Gasteiger partial charge in [-0.15, -0.1) is 0 Å². The number of hydrogen-bond acceptors (Lipinski definition) is 2. The average molecular weight is 377 g/mol. The Balaban J connectivity index is 2.45. The predicted octanol–water partition coefficient (Wildman–Crippen LogP) is 3.67. The van der Waals surface area contributed by atoms with Crippen LogP contribution in [0.4, 0.5) is 22.0 Å². The SMILES string of the molecule is Cc1cc(-c2c(F)c(F)c(F)c(F)c2F)c(C)c2n[se]nc12. The first-order valence-corrected chi connectivity index (χ1v) is 7.62. The van der Waals surface area contributed by atoms with Gasteiger partial charge >= 0.3 is 127 Å². The van der Waals surface area contributed by atoms with Crippen LogP contribution in [0, 0.1) is 42.9 Å². The van der Waals surface area contributed by atoms with E-state index >= 15 is 0 Å². The van der Waals surface area contributed by atoms with E-state index < -0.39 is 34.6 Å². The van der Waals surface area contributed by atoms with Gasteiger partial charge in [0.15, 0.2) is 0 Å². The molecule has 114 valence electrons. The van der Waals surface area contributed by atoms with Crippen molar-refractivity contribution in [2.45, 2.75) is 13.8 Å². The molecule has 0 saturated carbocycles. The van der Waals surface area contributed by atoms with Crippen LogP contribution in [0.2, 0.25) is 0 Å². The number of fused-ring (bicyclic) bond motifs is 1. The van der Waals surface area contributed by atoms with Crippen molar-refractivity contribution in [1.82, 2.24) is 7.96 Å². The van der Waals surface area contributed by atoms with Crippen LogP contribution in [-0.4, -0.2) is 22.9 Å². The van der Waals surface area contributed by atoms with Gasteiger partial charge in [-0.05, 0) is 0 Å². The molecule has 1 heterocycles. The van der Waals surface area contributed by atoms with Crippen LogP contribution in [0.3, 0.4) is 0 Å². The summed E-state index contributed by atoms with van der Waals surface area (Å²) in [7, 11) is 0. The molecule has 2 aromatic carbocycles. The van der Waals surface area contributed by atoms with Crippen molar-refractivity contribution in [2.75, 3.05) is 0 Å². The van der Waals surface area contributed by atoms with E-state index in [1.165, 1.54) is 13.0 Å². The molecule has 0 fully saturated rings. The zero-order valence-electron chi connectivity index (χ0n) is 11.3. The zero-order chi connectivity index (χ0) is 16.2. The molecule has 0 amide bonds. The van der Waals surface area contributed by atoms with Crippen LogP contribution in [0.25, 0.3) is 22.2 Å². The summed E-state index contributed by atoms with van der Waals surface area (Å²) in [5.74, 6) is -9.79. The molecule has 0 spiro atoms. The van der Waals surface area contributed by atoms with Gasteiger partial charge in [-0.25, -0.2) is 0 Å². The van der Waals surface area contributed by atoms with Crippen molar-refractivity contribution < 1.29 is 22.0 Å². The third-order valence-electron chi connectivity index (χ3n) is 3.46. The van der Waals surface area contributed by atoms with Crippen molar-refractivity contribution in [3.8, 4) is 11.1 Å². The number of nitrogens with zero attached hydrogens (tertiary/aromatic N) is 2. The second kappa shape index (κ2) is 5.14. The van der Waals surface area contributed by atoms with Gasteiger partial charge in [-0.2, -0.15) is 0 Å². The molecule has 0 unspecified atom stereocenters. The molecule has 1 aromatic heterocycles. The molecule has 22 heavy (non-hydrogen) atoms. The van der Waals surface area contributed by atoms with Gasteiger partial charge in [0.25, 0.3) is 0 Å². The van der Waals surface area contributed by atoms with Crippen LogP contribution >= 0.6 is 0 Å². The molecule has 0 aliphatic heterocycles. The number of rotatable bonds is 1. The molecule has 0 aliphatic carbocycles. The summed E-state index contributed by atoms with van der Waals surface area (Å²) in [5.41, 5.74) is 0.953. The van der Waals surface area contributed by atoms with Crippen LogP contribution in [0.1, 0.15) is 11.1 Å². The number of aryl methyl sites for hydroxylation is 2. The van der Waals surface area contributed by atoms with Crippen molar-refractivity contribution in [2.24, 2.45) is 0 Å². The fraction of sp³-hybridized carbons (Fsp3) is 0.143. The van der Waals surface area contributed by atoms with Gasteiger partial charge in [0, 0.05) is 0 Å². The third-order valence-corrected chi connectivity index (χ3v) is 4.57. The summed E-state index contributed by atoms with van der Waals surface area (Å²) >= 11 is -0.368. The molecule has 0 bridgehead atoms. The van der Waals surface area contributed by atoms with Gasteiger partial charge in [-0.3, -0.25) is 0 Å². The summed E-state index contributed by atoms with van der Waals surface area (Å²) < 4.78 is 76.3. The van der Waals surface area contributed by atoms with E-state index in [0.717, 1.165) is 0 Å². The number of halogens is 5. The molecule has 3 aromatic rings. The molecule has 0 N–H and O–H groups in total. The average Bonchev–Trinajstić information content (AvgIpc) is 2.98. The van der Waals surface area contributed by atoms with E-state index in [4.69, 9.17) is 0 Å². The molecule has 0 radical (unpaired) electrons. The third kappa shape index (κ3) is 1.98. The van der Waals surface area contributed by atoms with Gasteiger partial charge in [0.05, 0.1) is 0 Å². The molecule has 2 nitrogen and oxygen atoms in total. The summed E-state index contributed by atoms with van der Waals surface area (Å²) in [5, 5.41) is 0. The molecule has 0 atom stereocenters. The van der Waals surface area contributed by atoms with E-state index in [9.17, 15) is 22.0 Å². The predicted molar refractivity (Wildman–Crippen MR) is 71.2 cm³/mol. The summed E-state index contributed by atoms with van der Waals surface area (Å²) in [6, 6.07) is 1.37. The number of aromatic nitrogens is 2. The minimum absolute atomic E-state index is 0.0688. The van der Waals surface area contributed by atoms with E-state index in [0.29, 0.717) is 22.2 Å². The molecule has 3 rings (SSSR count). The van der Waals surface area contributed by atoms with E-state index in [-0.39, 0.29) is 20.5 Å². The monoisotopic (exact) mass is 378 g/mol. The normalized spacial score (nSPS) is 11.4. The number of hydrogen-bond donors (Lipinski definition) is 0. The summed E-state index contributed by atoms with van der Waals surface area (Å²) in [6.45, 7) is 3.17. The van der Waals surface area contributed by atoms with Crippen LogP contribution < -0.4 is 0 Å². The van der Waals surface area contributed by atoms with Crippen LogP contribution in [-0.2, 0) is 0 Å². The molecular weight excluding hydrogens is 370 g/mol. The fourth-order valence-corrected chi connectivity index (χ4v) is 3.70. The van der Waals surface area contributed by atoms with Crippen LogP contribution in [0.15, 0.2) is 6.07 Å². The van der Waals surface area contributed by atoms with Gasteiger partial charge in [0.2, 0.25) is 0 Å². The fourth-order valence-electron chi connectivity index (χ4n) is 2.32. The standard InChI is InChI=1S/C14H7F5N2Se/c1-4-3-6(5(2)14-13(4)20-22-21-14)7-8(15)10(17)12(19)11(18)9(7)16/h3H,1-2H3. The van der Waals surface area contributed by atoms with E-state index in [1.54, 1.807) is 6.92 Å². The first-order chi connectivity index (χ1) is 10.3. The zero-order valence-corrected chi connectivity index (χ0v) is 13.0. The Kier molecular flexibility index (Phi) is 3.53. The summed E-state index contributed by atoms with van der Waals surface area (Å²) in [6.07, 6.45) is 0. The van der Waals surface area contributed by atoms with Crippen molar-refractivity contribution in [3.05, 3.63) is 46.3 Å². The Morgan fingerprint density at radius 1 is 0.773 bits per heavy atom. The summed E-state index contributed by atoms with van der Waals surface area (Å²) in [4.78, 5) is 0. The number of benzene rings is 2. The Bertz CT molecular complexity index is 890. The molecular formula is C14H7F5N2Se. The first-order valence-electron chi connectivity index (χ1n) is 6.08. The van der Waals surface area contributed by atoms with Gasteiger partial charge < -0.3 is 0 Å². The molecule has 8 heteroatoms. The Morgan fingerprint density at radius 3 is 1.86 bits per heavy atom.